The molecule has 18 heavy (non-hydrogen) atoms. The zero-order chi connectivity index (χ0) is 13.0. The van der Waals surface area contributed by atoms with E-state index >= 15 is 0 Å². The van der Waals surface area contributed by atoms with E-state index < -0.39 is 0 Å². The molecule has 2 rings (SSSR count). The van der Waals surface area contributed by atoms with Gasteiger partial charge in [0, 0.05) is 0 Å². The van der Waals surface area contributed by atoms with Gasteiger partial charge in [0.15, 0.2) is 0 Å². The predicted molar refractivity (Wildman–Crippen MR) is 76.0 cm³/mol. The van der Waals surface area contributed by atoms with E-state index in [2.05, 4.69) is 32.0 Å². The fraction of sp³-hybridized carbons (Fsp3) is 0.625. The van der Waals surface area contributed by atoms with Crippen molar-refractivity contribution in [2.75, 3.05) is 13.2 Å². The third-order valence-corrected chi connectivity index (χ3v) is 3.92. The van der Waals surface area contributed by atoms with Crippen LogP contribution in [0.25, 0.3) is 0 Å². The van der Waals surface area contributed by atoms with Crippen molar-refractivity contribution < 1.29 is 4.74 Å². The second kappa shape index (κ2) is 5.75. The van der Waals surface area contributed by atoms with Crippen LogP contribution in [0, 0.1) is 5.41 Å². The van der Waals surface area contributed by atoms with Crippen LogP contribution in [0.3, 0.4) is 0 Å². The summed E-state index contributed by atoms with van der Waals surface area (Å²) in [5.41, 5.74) is 8.89. The van der Waals surface area contributed by atoms with Gasteiger partial charge in [0.25, 0.3) is 0 Å². The molecule has 0 atom stereocenters. The standard InChI is InChI=1S/C16H25NO/c1-16(2,12-17)9-10-18-15-8-7-13-5-3-4-6-14(13)11-15/h7-8,11H,3-6,9-10,12,17H2,1-2H3. The zero-order valence-electron chi connectivity index (χ0n) is 11.7. The SMILES string of the molecule is CC(C)(CN)CCOc1ccc2c(c1)CCCC2. The lowest BCUT2D eigenvalue weighted by atomic mass is 9.90. The van der Waals surface area contributed by atoms with E-state index in [1.807, 2.05) is 0 Å². The number of benzene rings is 1. The number of hydrogen-bond acceptors (Lipinski definition) is 2. The second-order valence-electron chi connectivity index (χ2n) is 6.10. The van der Waals surface area contributed by atoms with Crippen molar-refractivity contribution in [3.05, 3.63) is 29.3 Å². The first-order valence-corrected chi connectivity index (χ1v) is 7.05. The molecule has 0 saturated carbocycles. The molecule has 1 aliphatic carbocycles. The van der Waals surface area contributed by atoms with Crippen LogP contribution in [0.5, 0.6) is 5.75 Å². The Kier molecular flexibility index (Phi) is 4.28. The molecule has 0 aromatic heterocycles. The summed E-state index contributed by atoms with van der Waals surface area (Å²) in [6.45, 7) is 5.83. The Morgan fingerprint density at radius 1 is 1.17 bits per heavy atom. The van der Waals surface area contributed by atoms with Gasteiger partial charge in [-0.3, -0.25) is 0 Å². The number of fused-ring (bicyclic) bond motifs is 1. The van der Waals surface area contributed by atoms with E-state index in [-0.39, 0.29) is 5.41 Å². The van der Waals surface area contributed by atoms with E-state index in [0.717, 1.165) is 18.8 Å². The highest BCUT2D eigenvalue weighted by molar-refractivity contribution is 5.37. The third-order valence-electron chi connectivity index (χ3n) is 3.92. The monoisotopic (exact) mass is 247 g/mol. The zero-order valence-corrected chi connectivity index (χ0v) is 11.7. The fourth-order valence-corrected chi connectivity index (χ4v) is 2.35. The molecule has 2 nitrogen and oxygen atoms in total. The van der Waals surface area contributed by atoms with Gasteiger partial charge < -0.3 is 10.5 Å². The molecule has 0 radical (unpaired) electrons. The molecular weight excluding hydrogens is 222 g/mol. The maximum Gasteiger partial charge on any atom is 0.119 e. The predicted octanol–water partition coefficient (Wildman–Crippen LogP) is 3.32. The first-order valence-electron chi connectivity index (χ1n) is 7.05. The Bertz CT molecular complexity index is 398. The average molecular weight is 247 g/mol. The lowest BCUT2D eigenvalue weighted by Crippen LogP contribution is -2.25. The van der Waals surface area contributed by atoms with Gasteiger partial charge in [0.1, 0.15) is 5.75 Å². The van der Waals surface area contributed by atoms with E-state index in [4.69, 9.17) is 10.5 Å². The van der Waals surface area contributed by atoms with Crippen molar-refractivity contribution in [1.82, 2.24) is 0 Å². The lowest BCUT2D eigenvalue weighted by molar-refractivity contribution is 0.233. The number of rotatable bonds is 5. The molecule has 2 N–H and O–H groups in total. The summed E-state index contributed by atoms with van der Waals surface area (Å²) in [5.74, 6) is 1.02. The number of hydrogen-bond donors (Lipinski definition) is 1. The minimum Gasteiger partial charge on any atom is -0.494 e. The Morgan fingerprint density at radius 3 is 2.61 bits per heavy atom. The Morgan fingerprint density at radius 2 is 1.89 bits per heavy atom. The minimum atomic E-state index is 0.175. The molecule has 0 heterocycles. The molecule has 1 aliphatic rings. The first-order chi connectivity index (χ1) is 8.61. The normalized spacial score (nSPS) is 15.3. The number of nitrogens with two attached hydrogens (primary N) is 1. The highest BCUT2D eigenvalue weighted by Crippen LogP contribution is 2.26. The van der Waals surface area contributed by atoms with Crippen LogP contribution in [-0.4, -0.2) is 13.2 Å². The summed E-state index contributed by atoms with van der Waals surface area (Å²) in [6, 6.07) is 6.57. The molecule has 1 aromatic carbocycles. The van der Waals surface area contributed by atoms with Crippen LogP contribution in [-0.2, 0) is 12.8 Å². The van der Waals surface area contributed by atoms with Crippen LogP contribution >= 0.6 is 0 Å². The maximum atomic E-state index is 5.85. The van der Waals surface area contributed by atoms with Crippen molar-refractivity contribution in [3.8, 4) is 5.75 Å². The summed E-state index contributed by atoms with van der Waals surface area (Å²) in [7, 11) is 0. The molecular formula is C16H25NO. The molecule has 0 unspecified atom stereocenters. The van der Waals surface area contributed by atoms with Crippen molar-refractivity contribution in [2.24, 2.45) is 11.1 Å². The largest absolute Gasteiger partial charge is 0.494 e. The summed E-state index contributed by atoms with van der Waals surface area (Å²) >= 11 is 0. The van der Waals surface area contributed by atoms with Gasteiger partial charge >= 0.3 is 0 Å². The number of ether oxygens (including phenoxy) is 1. The second-order valence-corrected chi connectivity index (χ2v) is 6.10. The van der Waals surface area contributed by atoms with Gasteiger partial charge in [-0.25, -0.2) is 0 Å². The van der Waals surface area contributed by atoms with E-state index in [1.165, 1.54) is 36.8 Å². The highest BCUT2D eigenvalue weighted by Gasteiger charge is 2.15. The van der Waals surface area contributed by atoms with E-state index in [9.17, 15) is 0 Å². The van der Waals surface area contributed by atoms with Crippen molar-refractivity contribution >= 4 is 0 Å². The quantitative estimate of drug-likeness (QED) is 0.866. The van der Waals surface area contributed by atoms with Crippen molar-refractivity contribution in [2.45, 2.75) is 46.0 Å². The summed E-state index contributed by atoms with van der Waals surface area (Å²) < 4.78 is 5.85. The molecule has 0 bridgehead atoms. The van der Waals surface area contributed by atoms with Crippen molar-refractivity contribution in [3.63, 3.8) is 0 Å². The van der Waals surface area contributed by atoms with Gasteiger partial charge in [-0.05, 0) is 67.3 Å². The van der Waals surface area contributed by atoms with E-state index in [0.29, 0.717) is 6.54 Å². The van der Waals surface area contributed by atoms with Gasteiger partial charge in [0.2, 0.25) is 0 Å². The van der Waals surface area contributed by atoms with Gasteiger partial charge in [0.05, 0.1) is 6.61 Å². The van der Waals surface area contributed by atoms with Crippen LogP contribution in [0.4, 0.5) is 0 Å². The molecule has 0 fully saturated rings. The fourth-order valence-electron chi connectivity index (χ4n) is 2.35. The van der Waals surface area contributed by atoms with Crippen LogP contribution in [0.15, 0.2) is 18.2 Å². The third kappa shape index (κ3) is 3.49. The molecule has 1 aromatic rings. The topological polar surface area (TPSA) is 35.2 Å². The van der Waals surface area contributed by atoms with Gasteiger partial charge in [-0.2, -0.15) is 0 Å². The summed E-state index contributed by atoms with van der Waals surface area (Å²) in [6.07, 6.45) is 6.09. The summed E-state index contributed by atoms with van der Waals surface area (Å²) in [5, 5.41) is 0. The molecule has 100 valence electrons. The molecule has 0 spiro atoms. The summed E-state index contributed by atoms with van der Waals surface area (Å²) in [4.78, 5) is 0. The van der Waals surface area contributed by atoms with Crippen LogP contribution < -0.4 is 10.5 Å². The lowest BCUT2D eigenvalue weighted by Gasteiger charge is -2.22. The molecule has 2 heteroatoms. The van der Waals surface area contributed by atoms with Gasteiger partial charge in [-0.15, -0.1) is 0 Å². The first kappa shape index (κ1) is 13.4. The molecule has 0 saturated heterocycles. The average Bonchev–Trinajstić information content (AvgIpc) is 2.38. The van der Waals surface area contributed by atoms with Crippen molar-refractivity contribution in [1.29, 1.82) is 0 Å². The van der Waals surface area contributed by atoms with Crippen LogP contribution in [0.1, 0.15) is 44.2 Å². The van der Waals surface area contributed by atoms with Gasteiger partial charge in [-0.1, -0.05) is 19.9 Å². The number of aryl methyl sites for hydroxylation is 2. The minimum absolute atomic E-state index is 0.175. The Labute approximate surface area is 111 Å². The van der Waals surface area contributed by atoms with E-state index in [1.54, 1.807) is 0 Å². The Hall–Kier alpha value is -1.02. The highest BCUT2D eigenvalue weighted by atomic mass is 16.5. The molecule has 0 aliphatic heterocycles. The maximum absolute atomic E-state index is 5.85. The smallest absolute Gasteiger partial charge is 0.119 e. The Balaban J connectivity index is 1.90. The molecule has 0 amide bonds. The van der Waals surface area contributed by atoms with Crippen LogP contribution in [0.2, 0.25) is 0 Å².